The summed E-state index contributed by atoms with van der Waals surface area (Å²) >= 11 is 5.71. The first-order valence-corrected chi connectivity index (χ1v) is 8.13. The molecule has 1 nitrogen and oxygen atoms in total. The van der Waals surface area contributed by atoms with Gasteiger partial charge < -0.3 is 4.74 Å². The Balaban J connectivity index is 1.81. The lowest BCUT2D eigenvalue weighted by atomic mass is 9.83. The summed E-state index contributed by atoms with van der Waals surface area (Å²) in [4.78, 5) is 0.675. The van der Waals surface area contributed by atoms with Gasteiger partial charge in [-0.3, -0.25) is 0 Å². The fourth-order valence-electron chi connectivity index (χ4n) is 2.70. The van der Waals surface area contributed by atoms with Gasteiger partial charge in [0.2, 0.25) is 0 Å². The standard InChI is InChI=1S/C12H21BrOS/c1-10(13)2-3-11-4-6-14-12(8-11)5-7-15-9-12/h10-11H,2-9H2,1H3. The maximum absolute atomic E-state index is 6.03. The quantitative estimate of drug-likeness (QED) is 0.731. The molecule has 3 unspecified atom stereocenters. The van der Waals surface area contributed by atoms with Gasteiger partial charge in [-0.1, -0.05) is 22.9 Å². The van der Waals surface area contributed by atoms with Crippen LogP contribution in [-0.4, -0.2) is 28.5 Å². The van der Waals surface area contributed by atoms with Gasteiger partial charge in [-0.25, -0.2) is 0 Å². The molecule has 0 N–H and O–H groups in total. The van der Waals surface area contributed by atoms with Gasteiger partial charge in [-0.05, 0) is 43.8 Å². The van der Waals surface area contributed by atoms with E-state index < -0.39 is 0 Å². The van der Waals surface area contributed by atoms with Crippen LogP contribution < -0.4 is 0 Å². The highest BCUT2D eigenvalue weighted by atomic mass is 79.9. The van der Waals surface area contributed by atoms with Gasteiger partial charge in [0.1, 0.15) is 0 Å². The minimum atomic E-state index is 0.281. The van der Waals surface area contributed by atoms with Crippen LogP contribution in [0, 0.1) is 5.92 Å². The molecule has 0 saturated carbocycles. The van der Waals surface area contributed by atoms with Crippen LogP contribution in [0.5, 0.6) is 0 Å². The Labute approximate surface area is 106 Å². The molecule has 0 aromatic heterocycles. The Hall–Kier alpha value is 0.790. The molecule has 2 fully saturated rings. The van der Waals surface area contributed by atoms with Crippen molar-refractivity contribution >= 4 is 27.7 Å². The first-order valence-electron chi connectivity index (χ1n) is 6.06. The first kappa shape index (κ1) is 12.3. The molecule has 3 atom stereocenters. The molecule has 0 aliphatic carbocycles. The fourth-order valence-corrected chi connectivity index (χ4v) is 4.35. The molecule has 0 bridgehead atoms. The van der Waals surface area contributed by atoms with Gasteiger partial charge in [-0.15, -0.1) is 0 Å². The molecule has 0 aromatic rings. The van der Waals surface area contributed by atoms with E-state index in [-0.39, 0.29) is 5.60 Å². The number of rotatable bonds is 3. The summed E-state index contributed by atoms with van der Waals surface area (Å²) < 4.78 is 6.03. The molecule has 0 aromatic carbocycles. The Kier molecular flexibility index (Phi) is 4.42. The van der Waals surface area contributed by atoms with Crippen molar-refractivity contribution in [3.8, 4) is 0 Å². The largest absolute Gasteiger partial charge is 0.374 e. The van der Waals surface area contributed by atoms with E-state index in [2.05, 4.69) is 34.6 Å². The van der Waals surface area contributed by atoms with Crippen LogP contribution in [0.25, 0.3) is 0 Å². The minimum Gasteiger partial charge on any atom is -0.374 e. The van der Waals surface area contributed by atoms with Gasteiger partial charge in [0.05, 0.1) is 5.60 Å². The third kappa shape index (κ3) is 3.37. The lowest BCUT2D eigenvalue weighted by Crippen LogP contribution is -2.39. The zero-order valence-electron chi connectivity index (χ0n) is 9.51. The monoisotopic (exact) mass is 292 g/mol. The average Bonchev–Trinajstić information content (AvgIpc) is 2.63. The van der Waals surface area contributed by atoms with Crippen molar-refractivity contribution < 1.29 is 4.74 Å². The summed E-state index contributed by atoms with van der Waals surface area (Å²) in [5, 5.41) is 0. The van der Waals surface area contributed by atoms with Crippen molar-refractivity contribution in [3.05, 3.63) is 0 Å². The molecule has 15 heavy (non-hydrogen) atoms. The summed E-state index contributed by atoms with van der Waals surface area (Å²) in [5.74, 6) is 3.46. The highest BCUT2D eigenvalue weighted by Gasteiger charge is 2.40. The van der Waals surface area contributed by atoms with Crippen LogP contribution in [0.1, 0.15) is 39.0 Å². The second kappa shape index (κ2) is 5.42. The molecule has 3 heteroatoms. The lowest BCUT2D eigenvalue weighted by Gasteiger charge is -2.38. The maximum atomic E-state index is 6.03. The van der Waals surface area contributed by atoms with Crippen molar-refractivity contribution in [2.75, 3.05) is 18.1 Å². The molecule has 88 valence electrons. The SMILES string of the molecule is CC(Br)CCC1CCOC2(CCSC2)C1. The molecule has 2 heterocycles. The number of alkyl halides is 1. The third-order valence-electron chi connectivity index (χ3n) is 3.63. The minimum absolute atomic E-state index is 0.281. The molecule has 1 spiro atoms. The molecule has 2 aliphatic heterocycles. The van der Waals surface area contributed by atoms with Crippen LogP contribution in [0.2, 0.25) is 0 Å². The van der Waals surface area contributed by atoms with Gasteiger partial charge >= 0.3 is 0 Å². The van der Waals surface area contributed by atoms with Gasteiger partial charge in [0, 0.05) is 17.2 Å². The van der Waals surface area contributed by atoms with Crippen molar-refractivity contribution in [2.45, 2.75) is 49.5 Å². The normalized spacial score (nSPS) is 38.4. The topological polar surface area (TPSA) is 9.23 Å². The zero-order valence-corrected chi connectivity index (χ0v) is 11.9. The molecular weight excluding hydrogens is 272 g/mol. The summed E-state index contributed by atoms with van der Waals surface area (Å²) in [6, 6.07) is 0. The molecule has 0 radical (unpaired) electrons. The van der Waals surface area contributed by atoms with Gasteiger partial charge in [0.15, 0.2) is 0 Å². The zero-order chi connectivity index (χ0) is 10.7. The Morgan fingerprint density at radius 2 is 2.47 bits per heavy atom. The van der Waals surface area contributed by atoms with Crippen molar-refractivity contribution in [2.24, 2.45) is 5.92 Å². The van der Waals surface area contributed by atoms with Crippen molar-refractivity contribution in [3.63, 3.8) is 0 Å². The maximum Gasteiger partial charge on any atom is 0.0783 e. The second-order valence-electron chi connectivity index (χ2n) is 5.05. The first-order chi connectivity index (χ1) is 7.20. The van der Waals surface area contributed by atoms with Gasteiger partial charge in [0.25, 0.3) is 0 Å². The summed E-state index contributed by atoms with van der Waals surface area (Å²) in [6.45, 7) is 3.25. The summed E-state index contributed by atoms with van der Waals surface area (Å²) in [5.41, 5.74) is 0.281. The smallest absolute Gasteiger partial charge is 0.0783 e. The molecule has 2 rings (SSSR count). The molecular formula is C12H21BrOS. The van der Waals surface area contributed by atoms with E-state index in [0.29, 0.717) is 4.83 Å². The highest BCUT2D eigenvalue weighted by molar-refractivity contribution is 9.09. The molecule has 2 aliphatic rings. The van der Waals surface area contributed by atoms with Gasteiger partial charge in [-0.2, -0.15) is 11.8 Å². The van der Waals surface area contributed by atoms with E-state index in [0.717, 1.165) is 12.5 Å². The van der Waals surface area contributed by atoms with Crippen LogP contribution in [0.15, 0.2) is 0 Å². The van der Waals surface area contributed by atoms with E-state index in [9.17, 15) is 0 Å². The Morgan fingerprint density at radius 1 is 1.60 bits per heavy atom. The predicted octanol–water partition coefficient (Wildman–Crippen LogP) is 3.85. The number of hydrogen-bond donors (Lipinski definition) is 0. The Morgan fingerprint density at radius 3 is 3.13 bits per heavy atom. The Bertz CT molecular complexity index is 202. The highest BCUT2D eigenvalue weighted by Crippen LogP contribution is 2.41. The van der Waals surface area contributed by atoms with E-state index >= 15 is 0 Å². The lowest BCUT2D eigenvalue weighted by molar-refractivity contribution is -0.0806. The van der Waals surface area contributed by atoms with Crippen LogP contribution >= 0.6 is 27.7 Å². The summed E-state index contributed by atoms with van der Waals surface area (Å²) in [7, 11) is 0. The van der Waals surface area contributed by atoms with Crippen molar-refractivity contribution in [1.29, 1.82) is 0 Å². The third-order valence-corrected chi connectivity index (χ3v) is 5.32. The van der Waals surface area contributed by atoms with Crippen LogP contribution in [0.4, 0.5) is 0 Å². The predicted molar refractivity (Wildman–Crippen MR) is 71.0 cm³/mol. The average molecular weight is 293 g/mol. The number of hydrogen-bond acceptors (Lipinski definition) is 2. The van der Waals surface area contributed by atoms with Crippen LogP contribution in [-0.2, 0) is 4.74 Å². The number of halogens is 1. The van der Waals surface area contributed by atoms with Crippen LogP contribution in [0.3, 0.4) is 0 Å². The van der Waals surface area contributed by atoms with E-state index in [4.69, 9.17) is 4.74 Å². The van der Waals surface area contributed by atoms with E-state index in [1.54, 1.807) is 0 Å². The fraction of sp³-hybridized carbons (Fsp3) is 1.00. The van der Waals surface area contributed by atoms with E-state index in [1.807, 2.05) is 0 Å². The van der Waals surface area contributed by atoms with E-state index in [1.165, 1.54) is 43.6 Å². The second-order valence-corrected chi connectivity index (χ2v) is 7.72. The number of ether oxygens (including phenoxy) is 1. The van der Waals surface area contributed by atoms with Crippen molar-refractivity contribution in [1.82, 2.24) is 0 Å². The summed E-state index contributed by atoms with van der Waals surface area (Å²) in [6.07, 6.45) is 6.58. The number of thioether (sulfide) groups is 1. The molecule has 0 amide bonds. The molecule has 2 saturated heterocycles.